The summed E-state index contributed by atoms with van der Waals surface area (Å²) in [6.45, 7) is 5.29. The lowest BCUT2D eigenvalue weighted by Gasteiger charge is -2.28. The Balaban J connectivity index is 1.87. The van der Waals surface area contributed by atoms with Crippen molar-refractivity contribution in [1.82, 2.24) is 15.3 Å². The van der Waals surface area contributed by atoms with E-state index in [4.69, 9.17) is 10.5 Å². The number of allylic oxidation sites excluding steroid dienone is 2. The number of dihydropyridines is 1. The molecule has 1 aromatic heterocycles. The molecule has 1 saturated heterocycles. The van der Waals surface area contributed by atoms with Crippen LogP contribution in [0.1, 0.15) is 11.3 Å². The lowest BCUT2D eigenvalue weighted by molar-refractivity contribution is -0.114. The number of aryl methyl sites for hydroxylation is 1. The number of nitrogens with two attached hydrogens (primary N) is 1. The molecule has 3 rings (SSSR count). The Hall–Kier alpha value is -2.85. The molecule has 0 aromatic carbocycles. The topological polar surface area (TPSA) is 93.4 Å². The highest BCUT2D eigenvalue weighted by atomic mass is 16.5. The Morgan fingerprint density at radius 2 is 2.17 bits per heavy atom. The molecule has 3 heterocycles. The van der Waals surface area contributed by atoms with E-state index < -0.39 is 5.91 Å². The van der Waals surface area contributed by atoms with Crippen LogP contribution < -0.4 is 16.0 Å². The molecule has 0 bridgehead atoms. The second-order valence-corrected chi connectivity index (χ2v) is 5.41. The number of carbonyl (C=O) groups excluding carboxylic acids is 1. The highest BCUT2D eigenvalue weighted by Crippen LogP contribution is 2.19. The molecule has 7 heteroatoms. The molecule has 123 valence electrons. The number of hydrogen-bond acceptors (Lipinski definition) is 6. The van der Waals surface area contributed by atoms with Crippen molar-refractivity contribution in [3.05, 3.63) is 41.0 Å². The first-order valence-electron chi connectivity index (χ1n) is 7.67. The summed E-state index contributed by atoms with van der Waals surface area (Å²) in [6, 6.07) is 0. The largest absolute Gasteiger partial charge is 0.378 e. The number of aromatic nitrogens is 2. The van der Waals surface area contributed by atoms with Crippen LogP contribution in [-0.4, -0.2) is 48.7 Å². The zero-order chi connectivity index (χ0) is 16.9. The predicted molar refractivity (Wildman–Crippen MR) is 88.7 cm³/mol. The third-order valence-electron chi connectivity index (χ3n) is 3.77. The van der Waals surface area contributed by atoms with E-state index in [0.717, 1.165) is 35.7 Å². The number of primary amides is 1. The third-order valence-corrected chi connectivity index (χ3v) is 3.77. The van der Waals surface area contributed by atoms with Gasteiger partial charge in [0.2, 0.25) is 0 Å². The lowest BCUT2D eigenvalue weighted by atomic mass is 10.1. The fourth-order valence-corrected chi connectivity index (χ4v) is 2.45. The van der Waals surface area contributed by atoms with Gasteiger partial charge in [-0.1, -0.05) is 11.8 Å². The smallest absolute Gasteiger partial charge is 0.265 e. The molecule has 0 spiro atoms. The second kappa shape index (κ2) is 7.15. The molecule has 1 radical (unpaired) electrons. The quantitative estimate of drug-likeness (QED) is 0.724. The number of ether oxygens (including phenoxy) is 1. The molecule has 3 N–H and O–H groups in total. The van der Waals surface area contributed by atoms with Crippen LogP contribution in [-0.2, 0) is 9.53 Å². The summed E-state index contributed by atoms with van der Waals surface area (Å²) < 4.78 is 5.39. The Bertz CT molecular complexity index is 767. The first kappa shape index (κ1) is 16.0. The Labute approximate surface area is 140 Å². The van der Waals surface area contributed by atoms with Gasteiger partial charge in [0, 0.05) is 31.3 Å². The average Bonchev–Trinajstić information content (AvgIpc) is 2.61. The summed E-state index contributed by atoms with van der Waals surface area (Å²) in [5.41, 5.74) is 7.93. The maximum atomic E-state index is 11.1. The summed E-state index contributed by atoms with van der Waals surface area (Å²) in [7, 11) is 0. The number of anilines is 1. The van der Waals surface area contributed by atoms with E-state index in [1.165, 1.54) is 0 Å². The van der Waals surface area contributed by atoms with Crippen LogP contribution in [0, 0.1) is 24.8 Å². The molecule has 2 aliphatic heterocycles. The summed E-state index contributed by atoms with van der Waals surface area (Å²) in [6.07, 6.45) is 6.04. The maximum absolute atomic E-state index is 11.1. The van der Waals surface area contributed by atoms with Gasteiger partial charge in [-0.3, -0.25) is 4.79 Å². The minimum absolute atomic E-state index is 0.272. The number of nitrogens with zero attached hydrogens (tertiary/aromatic N) is 3. The molecular formula is C17H18N5O2. The van der Waals surface area contributed by atoms with Crippen LogP contribution in [0.25, 0.3) is 0 Å². The molecule has 0 aliphatic carbocycles. The van der Waals surface area contributed by atoms with E-state index in [-0.39, 0.29) is 5.70 Å². The monoisotopic (exact) mass is 324 g/mol. The zero-order valence-electron chi connectivity index (χ0n) is 13.4. The van der Waals surface area contributed by atoms with Crippen LogP contribution in [0.3, 0.4) is 0 Å². The Kier molecular flexibility index (Phi) is 4.77. The van der Waals surface area contributed by atoms with Crippen LogP contribution in [0.5, 0.6) is 0 Å². The van der Waals surface area contributed by atoms with E-state index in [9.17, 15) is 4.79 Å². The molecule has 7 nitrogen and oxygen atoms in total. The molecule has 1 fully saturated rings. The first-order valence-corrected chi connectivity index (χ1v) is 7.67. The van der Waals surface area contributed by atoms with Crippen molar-refractivity contribution in [2.24, 2.45) is 5.73 Å². The number of amides is 1. The Morgan fingerprint density at radius 1 is 1.38 bits per heavy atom. The van der Waals surface area contributed by atoms with Crippen LogP contribution in [0.4, 0.5) is 5.82 Å². The number of nitrogens with one attached hydrogen (secondary N) is 1. The summed E-state index contributed by atoms with van der Waals surface area (Å²) in [5, 5.41) is 2.90. The second-order valence-electron chi connectivity index (χ2n) is 5.41. The van der Waals surface area contributed by atoms with E-state index in [2.05, 4.69) is 38.1 Å². The number of carbonyl (C=O) groups is 1. The third kappa shape index (κ3) is 3.55. The van der Waals surface area contributed by atoms with Crippen molar-refractivity contribution in [1.29, 1.82) is 0 Å². The van der Waals surface area contributed by atoms with Gasteiger partial charge in [0.15, 0.2) is 0 Å². The van der Waals surface area contributed by atoms with E-state index >= 15 is 0 Å². The molecule has 2 aliphatic rings. The van der Waals surface area contributed by atoms with Crippen molar-refractivity contribution in [2.75, 3.05) is 37.7 Å². The molecule has 0 atom stereocenters. The molecular weight excluding hydrogens is 306 g/mol. The summed E-state index contributed by atoms with van der Waals surface area (Å²) >= 11 is 0. The molecule has 0 saturated carbocycles. The van der Waals surface area contributed by atoms with Crippen LogP contribution >= 0.6 is 0 Å². The van der Waals surface area contributed by atoms with Gasteiger partial charge < -0.3 is 20.7 Å². The van der Waals surface area contributed by atoms with Gasteiger partial charge in [-0.25, -0.2) is 9.97 Å². The van der Waals surface area contributed by atoms with Crippen LogP contribution in [0.2, 0.25) is 0 Å². The fourth-order valence-electron chi connectivity index (χ4n) is 2.45. The normalized spacial score (nSPS) is 17.1. The zero-order valence-corrected chi connectivity index (χ0v) is 13.4. The minimum atomic E-state index is -0.528. The minimum Gasteiger partial charge on any atom is -0.378 e. The SMILES string of the molecule is Cc1ncnc(N2CCOCC2)c1C#CC1=C[C]=C(C(N)=O)NC1. The highest BCUT2D eigenvalue weighted by molar-refractivity contribution is 5.91. The van der Waals surface area contributed by atoms with Gasteiger partial charge in [-0.2, -0.15) is 0 Å². The fraction of sp³-hybridized carbons (Fsp3) is 0.353. The summed E-state index contributed by atoms with van der Waals surface area (Å²) in [4.78, 5) is 21.9. The van der Waals surface area contributed by atoms with Crippen LogP contribution in [0.15, 0.2) is 23.7 Å². The molecule has 24 heavy (non-hydrogen) atoms. The molecule has 1 aromatic rings. The van der Waals surface area contributed by atoms with Gasteiger partial charge in [0.25, 0.3) is 5.91 Å². The molecule has 0 unspecified atom stereocenters. The predicted octanol–water partition coefficient (Wildman–Crippen LogP) is -0.325. The van der Waals surface area contributed by atoms with E-state index in [1.807, 2.05) is 6.92 Å². The van der Waals surface area contributed by atoms with Gasteiger partial charge in [0.1, 0.15) is 17.8 Å². The molecule has 1 amide bonds. The maximum Gasteiger partial charge on any atom is 0.265 e. The van der Waals surface area contributed by atoms with Gasteiger partial charge in [-0.05, 0) is 13.0 Å². The highest BCUT2D eigenvalue weighted by Gasteiger charge is 2.17. The van der Waals surface area contributed by atoms with Crippen molar-refractivity contribution in [3.8, 4) is 11.8 Å². The van der Waals surface area contributed by atoms with E-state index in [0.29, 0.717) is 19.8 Å². The average molecular weight is 324 g/mol. The van der Waals surface area contributed by atoms with Gasteiger partial charge in [0.05, 0.1) is 24.5 Å². The number of rotatable bonds is 2. The van der Waals surface area contributed by atoms with Crippen molar-refractivity contribution >= 4 is 11.7 Å². The number of morpholine rings is 1. The van der Waals surface area contributed by atoms with Crippen molar-refractivity contribution in [2.45, 2.75) is 6.92 Å². The van der Waals surface area contributed by atoms with Crippen molar-refractivity contribution in [3.63, 3.8) is 0 Å². The van der Waals surface area contributed by atoms with Gasteiger partial charge >= 0.3 is 0 Å². The first-order chi connectivity index (χ1) is 11.6. The number of hydrogen-bond donors (Lipinski definition) is 2. The lowest BCUT2D eigenvalue weighted by Crippen LogP contribution is -2.37. The summed E-state index contributed by atoms with van der Waals surface area (Å²) in [5.74, 6) is 6.57. The van der Waals surface area contributed by atoms with E-state index in [1.54, 1.807) is 12.4 Å². The standard InChI is InChI=1S/C17H18N5O2/c1-12-14(4-2-13-3-5-15(16(18)23)19-10-13)17(21-11-20-12)22-6-8-24-9-7-22/h3,11,19H,6-10H2,1H3,(H2,18,23). The van der Waals surface area contributed by atoms with Crippen molar-refractivity contribution < 1.29 is 9.53 Å². The Morgan fingerprint density at radius 3 is 2.83 bits per heavy atom. The van der Waals surface area contributed by atoms with Gasteiger partial charge in [-0.15, -0.1) is 0 Å².